The molecule has 1 aliphatic rings. The Morgan fingerprint density at radius 2 is 1.86 bits per heavy atom. The van der Waals surface area contributed by atoms with Crippen molar-refractivity contribution in [2.75, 3.05) is 0 Å². The topological polar surface area (TPSA) is 18.5 Å². The lowest BCUT2D eigenvalue weighted by Crippen LogP contribution is -2.30. The molecular weight excluding hydrogens is 196 g/mol. The van der Waals surface area contributed by atoms with E-state index in [4.69, 9.17) is 9.47 Å². The molecule has 2 heterocycles. The monoisotopic (exact) mass is 212 g/mol. The Hall–Kier alpha value is -0.380. The van der Waals surface area contributed by atoms with Gasteiger partial charge in [-0.2, -0.15) is 0 Å². The van der Waals surface area contributed by atoms with E-state index in [1.165, 1.54) is 9.75 Å². The highest BCUT2D eigenvalue weighted by molar-refractivity contribution is 7.12. The summed E-state index contributed by atoms with van der Waals surface area (Å²) >= 11 is 1.78. The predicted octanol–water partition coefficient (Wildman–Crippen LogP) is 3.44. The van der Waals surface area contributed by atoms with Crippen molar-refractivity contribution < 1.29 is 9.47 Å². The van der Waals surface area contributed by atoms with Gasteiger partial charge < -0.3 is 9.47 Å². The van der Waals surface area contributed by atoms with E-state index in [1.807, 2.05) is 6.92 Å². The smallest absolute Gasteiger partial charge is 0.198 e. The van der Waals surface area contributed by atoms with Gasteiger partial charge in [-0.3, -0.25) is 0 Å². The molecule has 0 amide bonds. The highest BCUT2D eigenvalue weighted by atomic mass is 32.1. The van der Waals surface area contributed by atoms with Crippen LogP contribution in [0.25, 0.3) is 0 Å². The molecular formula is C11H16O2S. The maximum atomic E-state index is 5.44. The van der Waals surface area contributed by atoms with Gasteiger partial charge >= 0.3 is 0 Å². The minimum absolute atomic E-state index is 0.0415. The Bertz CT molecular complexity index is 318. The summed E-state index contributed by atoms with van der Waals surface area (Å²) in [6.45, 7) is 8.56. The van der Waals surface area contributed by atoms with Crippen LogP contribution in [0.15, 0.2) is 12.1 Å². The second-order valence-corrected chi connectivity index (χ2v) is 5.74. The van der Waals surface area contributed by atoms with E-state index in [0.29, 0.717) is 0 Å². The lowest BCUT2D eigenvalue weighted by molar-refractivity contribution is -0.381. The van der Waals surface area contributed by atoms with Gasteiger partial charge in [0.05, 0.1) is 4.88 Å². The average Bonchev–Trinajstić information content (AvgIpc) is 2.45. The Morgan fingerprint density at radius 1 is 1.21 bits per heavy atom. The summed E-state index contributed by atoms with van der Waals surface area (Å²) in [6, 6.07) is 4.26. The SMILES string of the molecule is CC1OC(c2ccc(C(C)(C)C)s2)O1. The number of hydrogen-bond acceptors (Lipinski definition) is 3. The first-order valence-electron chi connectivity index (χ1n) is 4.88. The fraction of sp³-hybridized carbons (Fsp3) is 0.636. The van der Waals surface area contributed by atoms with Gasteiger partial charge in [0.15, 0.2) is 12.6 Å². The molecule has 0 atom stereocenters. The van der Waals surface area contributed by atoms with E-state index in [9.17, 15) is 0 Å². The van der Waals surface area contributed by atoms with Crippen LogP contribution in [0.5, 0.6) is 0 Å². The molecule has 1 aromatic rings. The third-order valence-corrected chi connectivity index (χ3v) is 3.76. The maximum Gasteiger partial charge on any atom is 0.198 e. The van der Waals surface area contributed by atoms with Gasteiger partial charge in [0.2, 0.25) is 0 Å². The number of hydrogen-bond donors (Lipinski definition) is 0. The van der Waals surface area contributed by atoms with Crippen molar-refractivity contribution in [1.82, 2.24) is 0 Å². The van der Waals surface area contributed by atoms with Crippen molar-refractivity contribution in [2.45, 2.75) is 45.7 Å². The van der Waals surface area contributed by atoms with Crippen LogP contribution in [-0.4, -0.2) is 6.29 Å². The third kappa shape index (κ3) is 1.85. The zero-order valence-corrected chi connectivity index (χ0v) is 9.85. The Morgan fingerprint density at radius 3 is 2.29 bits per heavy atom. The molecule has 0 saturated carbocycles. The summed E-state index contributed by atoms with van der Waals surface area (Å²) in [5.41, 5.74) is 0.221. The summed E-state index contributed by atoms with van der Waals surface area (Å²) in [5, 5.41) is 0. The molecule has 2 rings (SSSR count). The molecule has 1 aromatic heterocycles. The molecule has 0 aliphatic carbocycles. The maximum absolute atomic E-state index is 5.44. The zero-order chi connectivity index (χ0) is 10.3. The van der Waals surface area contributed by atoms with Gasteiger partial charge in [-0.15, -0.1) is 11.3 Å². The summed E-state index contributed by atoms with van der Waals surface area (Å²) in [7, 11) is 0. The van der Waals surface area contributed by atoms with Gasteiger partial charge in [-0.25, -0.2) is 0 Å². The molecule has 1 saturated heterocycles. The minimum Gasteiger partial charge on any atom is -0.319 e. The summed E-state index contributed by atoms with van der Waals surface area (Å²) in [4.78, 5) is 2.55. The van der Waals surface area contributed by atoms with Crippen molar-refractivity contribution in [3.05, 3.63) is 21.9 Å². The van der Waals surface area contributed by atoms with Crippen LogP contribution in [0, 0.1) is 0 Å². The van der Waals surface area contributed by atoms with E-state index in [-0.39, 0.29) is 18.0 Å². The molecule has 0 N–H and O–H groups in total. The predicted molar refractivity (Wildman–Crippen MR) is 57.4 cm³/mol. The van der Waals surface area contributed by atoms with E-state index in [0.717, 1.165) is 0 Å². The van der Waals surface area contributed by atoms with Crippen molar-refractivity contribution >= 4 is 11.3 Å². The third-order valence-electron chi connectivity index (χ3n) is 2.23. The quantitative estimate of drug-likeness (QED) is 0.710. The van der Waals surface area contributed by atoms with Gasteiger partial charge in [0.25, 0.3) is 0 Å². The van der Waals surface area contributed by atoms with E-state index >= 15 is 0 Å². The van der Waals surface area contributed by atoms with Crippen LogP contribution >= 0.6 is 11.3 Å². The molecule has 0 bridgehead atoms. The fourth-order valence-electron chi connectivity index (χ4n) is 1.38. The first-order valence-corrected chi connectivity index (χ1v) is 5.69. The van der Waals surface area contributed by atoms with Gasteiger partial charge in [0, 0.05) is 4.88 Å². The van der Waals surface area contributed by atoms with Crippen LogP contribution in [0.4, 0.5) is 0 Å². The molecule has 0 spiro atoms. The summed E-state index contributed by atoms with van der Waals surface area (Å²) in [5.74, 6) is 0. The summed E-state index contributed by atoms with van der Waals surface area (Å²) < 4.78 is 10.9. The molecule has 0 unspecified atom stereocenters. The summed E-state index contributed by atoms with van der Waals surface area (Å²) in [6.07, 6.45) is -0.161. The molecule has 14 heavy (non-hydrogen) atoms. The van der Waals surface area contributed by atoms with E-state index in [2.05, 4.69) is 32.9 Å². The Labute approximate surface area is 88.8 Å². The van der Waals surface area contributed by atoms with Crippen molar-refractivity contribution in [3.8, 4) is 0 Å². The standard InChI is InChI=1S/C11H16O2S/c1-7-12-10(13-7)8-5-6-9(14-8)11(2,3)4/h5-7,10H,1-4H3. The lowest BCUT2D eigenvalue weighted by Gasteiger charge is -2.32. The van der Waals surface area contributed by atoms with Crippen molar-refractivity contribution in [3.63, 3.8) is 0 Å². The number of ether oxygens (including phenoxy) is 2. The number of thiophene rings is 1. The largest absolute Gasteiger partial charge is 0.319 e. The van der Waals surface area contributed by atoms with Crippen molar-refractivity contribution in [2.24, 2.45) is 0 Å². The first-order chi connectivity index (χ1) is 6.47. The highest BCUT2D eigenvalue weighted by Crippen LogP contribution is 2.38. The van der Waals surface area contributed by atoms with Crippen LogP contribution < -0.4 is 0 Å². The van der Waals surface area contributed by atoms with Gasteiger partial charge in [-0.05, 0) is 24.5 Å². The van der Waals surface area contributed by atoms with Crippen LogP contribution in [0.2, 0.25) is 0 Å². The van der Waals surface area contributed by atoms with Crippen molar-refractivity contribution in [1.29, 1.82) is 0 Å². The highest BCUT2D eigenvalue weighted by Gasteiger charge is 2.30. The normalized spacial score (nSPS) is 27.4. The molecule has 1 fully saturated rings. The molecule has 78 valence electrons. The fourth-order valence-corrected chi connectivity index (χ4v) is 2.41. The molecule has 0 aromatic carbocycles. The average molecular weight is 212 g/mol. The molecule has 1 aliphatic heterocycles. The second kappa shape index (κ2) is 3.33. The zero-order valence-electron chi connectivity index (χ0n) is 9.03. The van der Waals surface area contributed by atoms with E-state index in [1.54, 1.807) is 11.3 Å². The Kier molecular flexibility index (Phi) is 2.41. The van der Waals surface area contributed by atoms with Gasteiger partial charge in [0.1, 0.15) is 0 Å². The molecule has 2 nitrogen and oxygen atoms in total. The minimum atomic E-state index is -0.119. The number of rotatable bonds is 1. The molecule has 0 radical (unpaired) electrons. The van der Waals surface area contributed by atoms with Gasteiger partial charge in [-0.1, -0.05) is 20.8 Å². The van der Waals surface area contributed by atoms with Crippen LogP contribution in [0.1, 0.15) is 43.7 Å². The lowest BCUT2D eigenvalue weighted by atomic mass is 9.95. The Balaban J connectivity index is 2.11. The molecule has 3 heteroatoms. The first kappa shape index (κ1) is 10.1. The van der Waals surface area contributed by atoms with E-state index < -0.39 is 0 Å². The van der Waals surface area contributed by atoms with Crippen LogP contribution in [0.3, 0.4) is 0 Å². The van der Waals surface area contributed by atoms with Crippen LogP contribution in [-0.2, 0) is 14.9 Å². The second-order valence-electron chi connectivity index (χ2n) is 4.62.